The summed E-state index contributed by atoms with van der Waals surface area (Å²) in [5, 5.41) is 3.70. The van der Waals surface area contributed by atoms with Gasteiger partial charge < -0.3 is 9.88 Å². The van der Waals surface area contributed by atoms with Crippen LogP contribution < -0.4 is 5.32 Å². The third kappa shape index (κ3) is 3.58. The maximum atomic E-state index is 4.22. The van der Waals surface area contributed by atoms with E-state index in [4.69, 9.17) is 0 Å². The van der Waals surface area contributed by atoms with Gasteiger partial charge in [-0.1, -0.05) is 25.7 Å². The first-order valence-corrected chi connectivity index (χ1v) is 7.53. The van der Waals surface area contributed by atoms with Gasteiger partial charge in [0.25, 0.3) is 0 Å². The first-order chi connectivity index (χ1) is 8.81. The van der Waals surface area contributed by atoms with Crippen molar-refractivity contribution in [3.63, 3.8) is 0 Å². The first-order valence-electron chi connectivity index (χ1n) is 7.53. The van der Waals surface area contributed by atoms with Crippen molar-refractivity contribution in [2.45, 2.75) is 71.5 Å². The molecule has 0 bridgehead atoms. The van der Waals surface area contributed by atoms with E-state index in [9.17, 15) is 0 Å². The lowest BCUT2D eigenvalue weighted by Gasteiger charge is -2.23. The van der Waals surface area contributed by atoms with E-state index in [2.05, 4.69) is 28.7 Å². The number of aromatic nitrogens is 2. The first kappa shape index (κ1) is 13.6. The van der Waals surface area contributed by atoms with E-state index < -0.39 is 0 Å². The van der Waals surface area contributed by atoms with E-state index in [1.165, 1.54) is 44.2 Å². The summed E-state index contributed by atoms with van der Waals surface area (Å²) in [6.07, 6.45) is 12.4. The van der Waals surface area contributed by atoms with E-state index in [-0.39, 0.29) is 0 Å². The molecule has 1 aromatic heterocycles. The third-order valence-corrected chi connectivity index (χ3v) is 4.35. The number of nitrogens with one attached hydrogen (secondary N) is 1. The molecule has 1 heterocycles. The molecule has 18 heavy (non-hydrogen) atoms. The van der Waals surface area contributed by atoms with Crippen LogP contribution in [-0.4, -0.2) is 15.6 Å². The lowest BCUT2D eigenvalue weighted by atomic mass is 9.93. The Morgan fingerprint density at radius 2 is 2.06 bits per heavy atom. The van der Waals surface area contributed by atoms with Crippen LogP contribution in [0.1, 0.15) is 58.1 Å². The molecule has 1 fully saturated rings. The zero-order valence-corrected chi connectivity index (χ0v) is 11.9. The van der Waals surface area contributed by atoms with Crippen molar-refractivity contribution in [3.05, 3.63) is 18.2 Å². The number of nitrogens with zero attached hydrogens (tertiary/aromatic N) is 2. The summed E-state index contributed by atoms with van der Waals surface area (Å²) < 4.78 is 2.22. The number of imidazole rings is 1. The Morgan fingerprint density at radius 1 is 1.33 bits per heavy atom. The smallest absolute Gasteiger partial charge is 0.0948 e. The molecule has 1 atom stereocenters. The van der Waals surface area contributed by atoms with Crippen molar-refractivity contribution in [3.8, 4) is 0 Å². The molecule has 0 radical (unpaired) electrons. The van der Waals surface area contributed by atoms with E-state index in [0.29, 0.717) is 6.04 Å². The molecule has 3 heteroatoms. The quantitative estimate of drug-likeness (QED) is 0.811. The summed E-state index contributed by atoms with van der Waals surface area (Å²) in [6.45, 7) is 6.48. The van der Waals surface area contributed by atoms with Crippen molar-refractivity contribution in [1.82, 2.24) is 14.9 Å². The van der Waals surface area contributed by atoms with Crippen molar-refractivity contribution >= 4 is 0 Å². The Labute approximate surface area is 111 Å². The van der Waals surface area contributed by atoms with E-state index in [0.717, 1.165) is 19.0 Å². The zero-order valence-electron chi connectivity index (χ0n) is 11.9. The molecule has 0 unspecified atom stereocenters. The fourth-order valence-electron chi connectivity index (χ4n) is 3.02. The van der Waals surface area contributed by atoms with Gasteiger partial charge in [-0.05, 0) is 32.6 Å². The average Bonchev–Trinajstić information content (AvgIpc) is 2.67. The van der Waals surface area contributed by atoms with Gasteiger partial charge in [0.05, 0.1) is 12.0 Å². The number of hydrogen-bond acceptors (Lipinski definition) is 2. The van der Waals surface area contributed by atoms with Gasteiger partial charge >= 0.3 is 0 Å². The summed E-state index contributed by atoms with van der Waals surface area (Å²) in [7, 11) is 0. The highest BCUT2D eigenvalue weighted by molar-refractivity contribution is 4.98. The van der Waals surface area contributed by atoms with Crippen LogP contribution in [0.3, 0.4) is 0 Å². The van der Waals surface area contributed by atoms with E-state index in [1.807, 2.05) is 12.5 Å². The Hall–Kier alpha value is -0.830. The molecule has 1 aliphatic rings. The van der Waals surface area contributed by atoms with Crippen LogP contribution in [0.2, 0.25) is 0 Å². The van der Waals surface area contributed by atoms with E-state index >= 15 is 0 Å². The van der Waals surface area contributed by atoms with Crippen LogP contribution >= 0.6 is 0 Å². The Balaban J connectivity index is 1.81. The van der Waals surface area contributed by atoms with Crippen LogP contribution in [0.4, 0.5) is 0 Å². The van der Waals surface area contributed by atoms with Gasteiger partial charge in [-0.15, -0.1) is 0 Å². The summed E-state index contributed by atoms with van der Waals surface area (Å²) in [4.78, 5) is 4.22. The molecule has 0 aliphatic heterocycles. The highest BCUT2D eigenvalue weighted by atomic mass is 15.1. The molecule has 3 nitrogen and oxygen atoms in total. The lowest BCUT2D eigenvalue weighted by molar-refractivity contribution is 0.334. The normalized spacial score (nSPS) is 19.7. The molecule has 1 saturated carbocycles. The SMILES string of the molecule is CCn1cncc1CN[C@@H](C)C1CCCCCC1. The molecular formula is C15H27N3. The summed E-state index contributed by atoms with van der Waals surface area (Å²) in [6, 6.07) is 0.628. The second-order valence-electron chi connectivity index (χ2n) is 5.59. The largest absolute Gasteiger partial charge is 0.334 e. The lowest BCUT2D eigenvalue weighted by Crippen LogP contribution is -2.33. The Bertz CT molecular complexity index is 337. The minimum atomic E-state index is 0.628. The molecule has 0 spiro atoms. The van der Waals surface area contributed by atoms with Crippen molar-refractivity contribution in [1.29, 1.82) is 0 Å². The summed E-state index contributed by atoms with van der Waals surface area (Å²) >= 11 is 0. The van der Waals surface area contributed by atoms with Gasteiger partial charge in [0.1, 0.15) is 0 Å². The second-order valence-corrected chi connectivity index (χ2v) is 5.59. The van der Waals surface area contributed by atoms with Gasteiger partial charge in [0.15, 0.2) is 0 Å². The molecule has 1 aliphatic carbocycles. The van der Waals surface area contributed by atoms with Crippen molar-refractivity contribution in [2.75, 3.05) is 0 Å². The van der Waals surface area contributed by atoms with Gasteiger partial charge in [0.2, 0.25) is 0 Å². The van der Waals surface area contributed by atoms with Crippen molar-refractivity contribution < 1.29 is 0 Å². The predicted octanol–water partition coefficient (Wildman–Crippen LogP) is 3.35. The Kier molecular flexibility index (Phi) is 5.24. The molecule has 2 rings (SSSR count). The molecule has 102 valence electrons. The topological polar surface area (TPSA) is 29.9 Å². The Morgan fingerprint density at radius 3 is 2.72 bits per heavy atom. The van der Waals surface area contributed by atoms with Crippen LogP contribution in [0.15, 0.2) is 12.5 Å². The third-order valence-electron chi connectivity index (χ3n) is 4.35. The summed E-state index contributed by atoms with van der Waals surface area (Å²) in [5.41, 5.74) is 1.30. The maximum absolute atomic E-state index is 4.22. The highest BCUT2D eigenvalue weighted by Crippen LogP contribution is 2.25. The molecular weight excluding hydrogens is 222 g/mol. The molecule has 1 N–H and O–H groups in total. The monoisotopic (exact) mass is 249 g/mol. The zero-order chi connectivity index (χ0) is 12.8. The minimum absolute atomic E-state index is 0.628. The summed E-state index contributed by atoms with van der Waals surface area (Å²) in [5.74, 6) is 0.866. The van der Waals surface area contributed by atoms with Crippen LogP contribution in [0, 0.1) is 5.92 Å². The number of hydrogen-bond donors (Lipinski definition) is 1. The van der Waals surface area contributed by atoms with Gasteiger partial charge in [0, 0.05) is 25.3 Å². The number of aryl methyl sites for hydroxylation is 1. The van der Waals surface area contributed by atoms with Crippen LogP contribution in [0.5, 0.6) is 0 Å². The number of rotatable bonds is 5. The van der Waals surface area contributed by atoms with Crippen LogP contribution in [-0.2, 0) is 13.1 Å². The van der Waals surface area contributed by atoms with E-state index in [1.54, 1.807) is 0 Å². The van der Waals surface area contributed by atoms with Gasteiger partial charge in [-0.2, -0.15) is 0 Å². The molecule has 1 aromatic rings. The second kappa shape index (κ2) is 6.93. The highest BCUT2D eigenvalue weighted by Gasteiger charge is 2.18. The van der Waals surface area contributed by atoms with Gasteiger partial charge in [-0.25, -0.2) is 4.98 Å². The minimum Gasteiger partial charge on any atom is -0.334 e. The standard InChI is InChI=1S/C15H27N3/c1-3-18-12-16-10-15(18)11-17-13(2)14-8-6-4-5-7-9-14/h10,12-14,17H,3-9,11H2,1-2H3/t13-/m0/s1. The molecule has 0 aromatic carbocycles. The average molecular weight is 249 g/mol. The van der Waals surface area contributed by atoms with Crippen molar-refractivity contribution in [2.24, 2.45) is 5.92 Å². The molecule has 0 saturated heterocycles. The fraction of sp³-hybridized carbons (Fsp3) is 0.800. The van der Waals surface area contributed by atoms with Gasteiger partial charge in [-0.3, -0.25) is 0 Å². The maximum Gasteiger partial charge on any atom is 0.0948 e. The van der Waals surface area contributed by atoms with Crippen LogP contribution in [0.25, 0.3) is 0 Å². The predicted molar refractivity (Wildman–Crippen MR) is 75.4 cm³/mol. The fourth-order valence-corrected chi connectivity index (χ4v) is 3.02. The molecule has 0 amide bonds.